The fourth-order valence-electron chi connectivity index (χ4n) is 4.20. The van der Waals surface area contributed by atoms with E-state index in [1.165, 1.54) is 16.7 Å². The van der Waals surface area contributed by atoms with Crippen LogP contribution in [-0.4, -0.2) is 12.6 Å². The molecule has 0 bridgehead atoms. The largest absolute Gasteiger partial charge is 0.494 e. The molecule has 0 spiro atoms. The number of carbonyl (C=O) groups excluding carboxylic acids is 1. The van der Waals surface area contributed by atoms with Crippen molar-refractivity contribution in [2.45, 2.75) is 73.3 Å². The van der Waals surface area contributed by atoms with Gasteiger partial charge in [-0.25, -0.2) is 0 Å². The molecule has 0 fully saturated rings. The fraction of sp³-hybridized carbons (Fsp3) is 0.519. The monoisotopic (exact) mass is 410 g/mol. The van der Waals surface area contributed by atoms with Gasteiger partial charge in [0.1, 0.15) is 11.9 Å². The Labute approximate surface area is 182 Å². The molecule has 0 aliphatic heterocycles. The van der Waals surface area contributed by atoms with Gasteiger partial charge in [-0.2, -0.15) is 0 Å². The summed E-state index contributed by atoms with van der Waals surface area (Å²) in [6.07, 6.45) is 6.20. The van der Waals surface area contributed by atoms with E-state index in [9.17, 15) is 4.79 Å². The van der Waals surface area contributed by atoms with Gasteiger partial charge in [0.2, 0.25) is 0 Å². The second kappa shape index (κ2) is 10.1. The molecule has 0 saturated heterocycles. The first-order valence-electron chi connectivity index (χ1n) is 11.1. The Morgan fingerprint density at radius 3 is 1.90 bits per heavy atom. The van der Waals surface area contributed by atoms with Crippen molar-refractivity contribution in [1.82, 2.24) is 0 Å². The van der Waals surface area contributed by atoms with E-state index in [4.69, 9.17) is 9.47 Å². The van der Waals surface area contributed by atoms with Crippen molar-refractivity contribution < 1.29 is 14.3 Å². The highest BCUT2D eigenvalue weighted by atomic mass is 16.5. The average molecular weight is 411 g/mol. The summed E-state index contributed by atoms with van der Waals surface area (Å²) in [5, 5.41) is 0. The predicted octanol–water partition coefficient (Wildman–Crippen LogP) is 7.25. The number of allylic oxidation sites excluding steroid dienone is 2. The Bertz CT molecular complexity index is 796. The van der Waals surface area contributed by atoms with Crippen LogP contribution in [0.2, 0.25) is 0 Å². The molecule has 0 amide bonds. The molecule has 0 heterocycles. The number of hydrogen-bond acceptors (Lipinski definition) is 3. The molecule has 0 saturated carbocycles. The van der Waals surface area contributed by atoms with E-state index in [1.807, 2.05) is 0 Å². The smallest absolute Gasteiger partial charge is 0.298 e. The summed E-state index contributed by atoms with van der Waals surface area (Å²) < 4.78 is 11.4. The molecule has 0 aromatic heterocycles. The maximum absolute atomic E-state index is 11.2. The molecule has 1 aliphatic carbocycles. The number of ether oxygens (including phenoxy) is 2. The lowest BCUT2D eigenvalue weighted by Crippen LogP contribution is -2.31. The molecular weight excluding hydrogens is 372 g/mol. The van der Waals surface area contributed by atoms with Gasteiger partial charge in [-0.1, -0.05) is 74.1 Å². The van der Waals surface area contributed by atoms with Gasteiger partial charge in [-0.3, -0.25) is 4.79 Å². The molecule has 1 aromatic rings. The predicted molar refractivity (Wildman–Crippen MR) is 126 cm³/mol. The lowest BCUT2D eigenvalue weighted by atomic mass is 9.75. The third-order valence-electron chi connectivity index (χ3n) is 5.94. The van der Waals surface area contributed by atoms with Gasteiger partial charge in [0.25, 0.3) is 6.47 Å². The highest BCUT2D eigenvalue weighted by molar-refractivity contribution is 5.78. The van der Waals surface area contributed by atoms with Crippen molar-refractivity contribution in [1.29, 1.82) is 0 Å². The molecule has 2 atom stereocenters. The molecule has 1 aromatic carbocycles. The van der Waals surface area contributed by atoms with Crippen LogP contribution in [0.25, 0.3) is 5.57 Å². The molecule has 3 heteroatoms. The molecule has 1 aliphatic rings. The van der Waals surface area contributed by atoms with Crippen molar-refractivity contribution in [3.05, 3.63) is 59.4 Å². The summed E-state index contributed by atoms with van der Waals surface area (Å²) in [5.74, 6) is 2.25. The number of benzene rings is 1. The second-order valence-electron chi connectivity index (χ2n) is 9.47. The van der Waals surface area contributed by atoms with E-state index in [0.29, 0.717) is 24.1 Å². The minimum absolute atomic E-state index is 0.0121. The summed E-state index contributed by atoms with van der Waals surface area (Å²) in [7, 11) is 0. The third kappa shape index (κ3) is 5.06. The van der Waals surface area contributed by atoms with Crippen LogP contribution in [0.1, 0.15) is 83.9 Å². The molecule has 2 rings (SSSR count). The zero-order chi connectivity index (χ0) is 22.6. The highest BCUT2D eigenvalue weighted by Gasteiger charge is 2.32. The topological polar surface area (TPSA) is 35.5 Å². The van der Waals surface area contributed by atoms with Crippen molar-refractivity contribution in [2.75, 3.05) is 0 Å². The second-order valence-corrected chi connectivity index (χ2v) is 9.47. The van der Waals surface area contributed by atoms with Gasteiger partial charge in [0, 0.05) is 5.92 Å². The molecule has 164 valence electrons. The first-order valence-corrected chi connectivity index (χ1v) is 11.1. The number of carbonyl (C=O) groups is 1. The summed E-state index contributed by atoms with van der Waals surface area (Å²) in [6, 6.07) is 4.36. The normalized spacial score (nSPS) is 19.2. The first-order chi connectivity index (χ1) is 14.1. The van der Waals surface area contributed by atoms with E-state index < -0.39 is 0 Å². The van der Waals surface area contributed by atoms with Crippen molar-refractivity contribution in [3.63, 3.8) is 0 Å². The molecule has 3 nitrogen and oxygen atoms in total. The zero-order valence-corrected chi connectivity index (χ0v) is 19.9. The van der Waals surface area contributed by atoms with Gasteiger partial charge >= 0.3 is 0 Å². The molecule has 0 radical (unpaired) electrons. The van der Waals surface area contributed by atoms with Gasteiger partial charge in [-0.15, -0.1) is 0 Å². The van der Waals surface area contributed by atoms with Crippen LogP contribution in [0.4, 0.5) is 0 Å². The Morgan fingerprint density at radius 2 is 1.50 bits per heavy atom. The van der Waals surface area contributed by atoms with Crippen molar-refractivity contribution in [3.8, 4) is 5.75 Å². The van der Waals surface area contributed by atoms with Gasteiger partial charge < -0.3 is 9.47 Å². The quantitative estimate of drug-likeness (QED) is 0.318. The zero-order valence-electron chi connectivity index (χ0n) is 19.9. The maximum Gasteiger partial charge on any atom is 0.298 e. The number of rotatable bonds is 9. The van der Waals surface area contributed by atoms with E-state index in [-0.39, 0.29) is 23.9 Å². The highest BCUT2D eigenvalue weighted by Crippen LogP contribution is 2.42. The van der Waals surface area contributed by atoms with E-state index in [2.05, 4.69) is 86.3 Å². The minimum Gasteiger partial charge on any atom is -0.494 e. The van der Waals surface area contributed by atoms with Crippen LogP contribution < -0.4 is 4.74 Å². The van der Waals surface area contributed by atoms with Crippen LogP contribution in [-0.2, 0) is 9.53 Å². The summed E-state index contributed by atoms with van der Waals surface area (Å²) in [4.78, 5) is 11.2. The van der Waals surface area contributed by atoms with Crippen LogP contribution in [0, 0.1) is 17.8 Å². The Balaban J connectivity index is 2.72. The Kier molecular flexibility index (Phi) is 8.11. The standard InChI is InChI=1S/C27H38O3/c1-10-29-26-22(16(2)3)11-20(12-23(26)17(4)5)21-13-24(18(6)7)27(30-15-28)25(14-21)19(8)9/h10-19,22,26H,1H2,2-9H3. The fourth-order valence-corrected chi connectivity index (χ4v) is 4.20. The SMILES string of the molecule is C=COC1C(C(C)C)=CC(c2cc(C(C)C)c(OC=O)c(C(C)C)c2)=CC1C(C)C. The third-order valence-corrected chi connectivity index (χ3v) is 5.94. The average Bonchev–Trinajstić information content (AvgIpc) is 2.67. The Hall–Kier alpha value is -2.29. The van der Waals surface area contributed by atoms with E-state index >= 15 is 0 Å². The van der Waals surface area contributed by atoms with Gasteiger partial charge in [0.15, 0.2) is 0 Å². The summed E-state index contributed by atoms with van der Waals surface area (Å²) >= 11 is 0. The number of hydrogen-bond donors (Lipinski definition) is 0. The lowest BCUT2D eigenvalue weighted by Gasteiger charge is -2.35. The van der Waals surface area contributed by atoms with Crippen LogP contribution >= 0.6 is 0 Å². The first kappa shape index (κ1) is 24.0. The molecule has 30 heavy (non-hydrogen) atoms. The Morgan fingerprint density at radius 1 is 0.933 bits per heavy atom. The van der Waals surface area contributed by atoms with Crippen LogP contribution in [0.3, 0.4) is 0 Å². The van der Waals surface area contributed by atoms with Gasteiger partial charge in [0.05, 0.1) is 6.26 Å². The molecule has 2 unspecified atom stereocenters. The van der Waals surface area contributed by atoms with E-state index in [1.54, 1.807) is 6.26 Å². The maximum atomic E-state index is 11.2. The van der Waals surface area contributed by atoms with Crippen molar-refractivity contribution >= 4 is 12.0 Å². The summed E-state index contributed by atoms with van der Waals surface area (Å²) in [6.45, 7) is 21.8. The van der Waals surface area contributed by atoms with E-state index in [0.717, 1.165) is 11.1 Å². The minimum atomic E-state index is 0.0121. The molecular formula is C27H38O3. The summed E-state index contributed by atoms with van der Waals surface area (Å²) in [5.41, 5.74) is 5.80. The van der Waals surface area contributed by atoms with Crippen LogP contribution in [0.15, 0.2) is 42.7 Å². The van der Waals surface area contributed by atoms with Crippen molar-refractivity contribution in [2.24, 2.45) is 17.8 Å². The molecule has 0 N–H and O–H groups in total. The van der Waals surface area contributed by atoms with Crippen LogP contribution in [0.5, 0.6) is 5.75 Å². The van der Waals surface area contributed by atoms with Gasteiger partial charge in [-0.05, 0) is 63.6 Å². The lowest BCUT2D eigenvalue weighted by molar-refractivity contribution is -0.120.